The molecule has 0 bridgehead atoms. The van der Waals surface area contributed by atoms with E-state index in [1.54, 1.807) is 28.0 Å². The number of thioether (sulfide) groups is 2. The lowest BCUT2D eigenvalue weighted by Crippen LogP contribution is -2.27. The molecular formula is C16H21N3OS3. The van der Waals surface area contributed by atoms with Crippen molar-refractivity contribution >= 4 is 40.8 Å². The van der Waals surface area contributed by atoms with E-state index in [1.807, 2.05) is 37.4 Å². The third kappa shape index (κ3) is 6.53. The lowest BCUT2D eigenvalue weighted by molar-refractivity contribution is -0.127. The van der Waals surface area contributed by atoms with Crippen molar-refractivity contribution in [2.75, 3.05) is 18.6 Å². The van der Waals surface area contributed by atoms with Crippen LogP contribution in [0.4, 0.5) is 0 Å². The van der Waals surface area contributed by atoms with Gasteiger partial charge in [-0.3, -0.25) is 4.79 Å². The SMILES string of the molecule is CCCCSc1nnc(SCC(=O)N(C)Cc2ccccc2)s1. The monoisotopic (exact) mass is 367 g/mol. The highest BCUT2D eigenvalue weighted by atomic mass is 32.2. The topological polar surface area (TPSA) is 46.1 Å². The molecule has 1 aromatic carbocycles. The third-order valence-electron chi connectivity index (χ3n) is 3.12. The van der Waals surface area contributed by atoms with Gasteiger partial charge < -0.3 is 4.90 Å². The molecule has 0 aliphatic rings. The average molecular weight is 368 g/mol. The van der Waals surface area contributed by atoms with Crippen molar-refractivity contribution in [1.82, 2.24) is 15.1 Å². The normalized spacial score (nSPS) is 10.7. The van der Waals surface area contributed by atoms with E-state index in [2.05, 4.69) is 17.1 Å². The lowest BCUT2D eigenvalue weighted by Gasteiger charge is -2.16. The zero-order chi connectivity index (χ0) is 16.5. The summed E-state index contributed by atoms with van der Waals surface area (Å²) in [7, 11) is 1.84. The molecule has 124 valence electrons. The summed E-state index contributed by atoms with van der Waals surface area (Å²) in [5.74, 6) is 1.58. The van der Waals surface area contributed by atoms with Crippen LogP contribution in [0.5, 0.6) is 0 Å². The highest BCUT2D eigenvalue weighted by Gasteiger charge is 2.12. The molecule has 7 heteroatoms. The Kier molecular flexibility index (Phi) is 7.91. The van der Waals surface area contributed by atoms with Gasteiger partial charge in [0.2, 0.25) is 5.91 Å². The molecule has 0 fully saturated rings. The van der Waals surface area contributed by atoms with Crippen LogP contribution in [0.25, 0.3) is 0 Å². The Bertz CT molecular complexity index is 604. The zero-order valence-corrected chi connectivity index (χ0v) is 15.8. The number of benzene rings is 1. The van der Waals surface area contributed by atoms with Crippen LogP contribution in [0.1, 0.15) is 25.3 Å². The molecule has 23 heavy (non-hydrogen) atoms. The zero-order valence-electron chi connectivity index (χ0n) is 13.4. The van der Waals surface area contributed by atoms with E-state index in [4.69, 9.17) is 0 Å². The van der Waals surface area contributed by atoms with Gasteiger partial charge in [0.1, 0.15) is 0 Å². The number of amides is 1. The van der Waals surface area contributed by atoms with E-state index < -0.39 is 0 Å². The van der Waals surface area contributed by atoms with Gasteiger partial charge in [-0.2, -0.15) is 0 Å². The van der Waals surface area contributed by atoms with Crippen molar-refractivity contribution in [3.63, 3.8) is 0 Å². The smallest absolute Gasteiger partial charge is 0.233 e. The van der Waals surface area contributed by atoms with Gasteiger partial charge in [-0.05, 0) is 12.0 Å². The second-order valence-corrected chi connectivity index (χ2v) is 8.60. The molecule has 0 N–H and O–H groups in total. The standard InChI is InChI=1S/C16H21N3OS3/c1-3-4-10-21-15-17-18-16(23-15)22-12-14(20)19(2)11-13-8-6-5-7-9-13/h5-9H,3-4,10-12H2,1-2H3. The second kappa shape index (κ2) is 9.95. The van der Waals surface area contributed by atoms with Crippen LogP contribution in [0.3, 0.4) is 0 Å². The molecule has 0 unspecified atom stereocenters. The van der Waals surface area contributed by atoms with Gasteiger partial charge in [-0.1, -0.05) is 78.5 Å². The van der Waals surface area contributed by atoms with Gasteiger partial charge in [0.15, 0.2) is 8.68 Å². The van der Waals surface area contributed by atoms with Gasteiger partial charge >= 0.3 is 0 Å². The maximum atomic E-state index is 12.2. The summed E-state index contributed by atoms with van der Waals surface area (Å²) in [6, 6.07) is 10.0. The Morgan fingerprint density at radius 1 is 1.17 bits per heavy atom. The highest BCUT2D eigenvalue weighted by Crippen LogP contribution is 2.29. The first-order valence-electron chi connectivity index (χ1n) is 7.56. The van der Waals surface area contributed by atoms with Crippen molar-refractivity contribution in [1.29, 1.82) is 0 Å². The fraction of sp³-hybridized carbons (Fsp3) is 0.438. The van der Waals surface area contributed by atoms with Crippen LogP contribution in [0.2, 0.25) is 0 Å². The van der Waals surface area contributed by atoms with Crippen molar-refractivity contribution in [2.24, 2.45) is 0 Å². The molecule has 4 nitrogen and oxygen atoms in total. The van der Waals surface area contributed by atoms with E-state index >= 15 is 0 Å². The molecule has 1 aromatic heterocycles. The Labute approximate surface area is 150 Å². The molecule has 0 aliphatic carbocycles. The van der Waals surface area contributed by atoms with E-state index in [0.29, 0.717) is 12.3 Å². The minimum absolute atomic E-state index is 0.106. The lowest BCUT2D eigenvalue weighted by atomic mass is 10.2. The molecule has 2 rings (SSSR count). The summed E-state index contributed by atoms with van der Waals surface area (Å²) < 4.78 is 1.86. The second-order valence-electron chi connectivity index (χ2n) is 5.06. The Balaban J connectivity index is 1.75. The highest BCUT2D eigenvalue weighted by molar-refractivity contribution is 8.03. The summed E-state index contributed by atoms with van der Waals surface area (Å²) in [6.07, 6.45) is 2.38. The van der Waals surface area contributed by atoms with Crippen molar-refractivity contribution in [2.45, 2.75) is 35.0 Å². The van der Waals surface area contributed by atoms with Crippen LogP contribution >= 0.6 is 34.9 Å². The van der Waals surface area contributed by atoms with E-state index in [9.17, 15) is 4.79 Å². The number of carbonyl (C=O) groups is 1. The molecule has 0 aliphatic heterocycles. The summed E-state index contributed by atoms with van der Waals surface area (Å²) in [5.41, 5.74) is 1.14. The summed E-state index contributed by atoms with van der Waals surface area (Å²) in [4.78, 5) is 13.9. The number of aromatic nitrogens is 2. The van der Waals surface area contributed by atoms with Crippen LogP contribution in [-0.2, 0) is 11.3 Å². The molecule has 2 aromatic rings. The molecule has 0 saturated heterocycles. The largest absolute Gasteiger partial charge is 0.341 e. The first-order valence-corrected chi connectivity index (χ1v) is 10.3. The van der Waals surface area contributed by atoms with Crippen molar-refractivity contribution < 1.29 is 4.79 Å². The van der Waals surface area contributed by atoms with Gasteiger partial charge in [-0.25, -0.2) is 0 Å². The average Bonchev–Trinajstić information content (AvgIpc) is 3.01. The van der Waals surface area contributed by atoms with Crippen LogP contribution < -0.4 is 0 Å². The van der Waals surface area contributed by atoms with E-state index in [0.717, 1.165) is 20.0 Å². The van der Waals surface area contributed by atoms with Crippen LogP contribution in [0.15, 0.2) is 39.0 Å². The fourth-order valence-electron chi connectivity index (χ4n) is 1.80. The summed E-state index contributed by atoms with van der Waals surface area (Å²) in [5, 5.41) is 8.31. The number of carbonyl (C=O) groups excluding carboxylic acids is 1. The maximum Gasteiger partial charge on any atom is 0.233 e. The summed E-state index contributed by atoms with van der Waals surface area (Å²) in [6.45, 7) is 2.81. The number of hydrogen-bond donors (Lipinski definition) is 0. The Morgan fingerprint density at radius 3 is 2.57 bits per heavy atom. The predicted molar refractivity (Wildman–Crippen MR) is 99.2 cm³/mol. The number of rotatable bonds is 9. The third-order valence-corrected chi connectivity index (χ3v) is 6.38. The minimum atomic E-state index is 0.106. The molecule has 0 atom stereocenters. The van der Waals surface area contributed by atoms with Crippen molar-refractivity contribution in [3.05, 3.63) is 35.9 Å². The molecule has 0 spiro atoms. The Hall–Kier alpha value is -1.05. The Morgan fingerprint density at radius 2 is 1.87 bits per heavy atom. The van der Waals surface area contributed by atoms with Gasteiger partial charge in [0.05, 0.1) is 5.75 Å². The van der Waals surface area contributed by atoms with E-state index in [-0.39, 0.29) is 5.91 Å². The molecule has 0 radical (unpaired) electrons. The maximum absolute atomic E-state index is 12.2. The molecule has 1 heterocycles. The first kappa shape index (κ1) is 18.3. The van der Waals surface area contributed by atoms with Crippen LogP contribution in [-0.4, -0.2) is 39.6 Å². The number of unbranched alkanes of at least 4 members (excludes halogenated alkanes) is 1. The predicted octanol–water partition coefficient (Wildman–Crippen LogP) is 4.18. The van der Waals surface area contributed by atoms with Gasteiger partial charge in [-0.15, -0.1) is 10.2 Å². The van der Waals surface area contributed by atoms with Gasteiger partial charge in [0, 0.05) is 19.3 Å². The summed E-state index contributed by atoms with van der Waals surface area (Å²) >= 11 is 4.79. The molecule has 1 amide bonds. The van der Waals surface area contributed by atoms with E-state index in [1.165, 1.54) is 24.6 Å². The van der Waals surface area contributed by atoms with Crippen molar-refractivity contribution in [3.8, 4) is 0 Å². The number of hydrogen-bond acceptors (Lipinski definition) is 6. The number of nitrogens with zero attached hydrogens (tertiary/aromatic N) is 3. The molecule has 0 saturated carbocycles. The van der Waals surface area contributed by atoms with Crippen LogP contribution in [0, 0.1) is 0 Å². The fourth-order valence-corrected chi connectivity index (χ4v) is 4.91. The van der Waals surface area contributed by atoms with Gasteiger partial charge in [0.25, 0.3) is 0 Å². The molecular weight excluding hydrogens is 346 g/mol. The minimum Gasteiger partial charge on any atom is -0.341 e. The quantitative estimate of drug-likeness (QED) is 0.491. The first-order chi connectivity index (χ1) is 11.2.